The summed E-state index contributed by atoms with van der Waals surface area (Å²) >= 11 is 12.6. The van der Waals surface area contributed by atoms with E-state index in [1.165, 1.54) is 32.7 Å². The Morgan fingerprint density at radius 2 is 1.71 bits per heavy atom. The molecule has 2 aromatic heterocycles. The molecule has 196 valence electrons. The Morgan fingerprint density at radius 1 is 1.05 bits per heavy atom. The summed E-state index contributed by atoms with van der Waals surface area (Å²) in [5, 5.41) is 14.5. The van der Waals surface area contributed by atoms with E-state index in [1.54, 1.807) is 30.3 Å². The number of rotatable bonds is 7. The number of amides is 2. The largest absolute Gasteiger partial charge is 0.432 e. The quantitative estimate of drug-likeness (QED) is 0.278. The monoisotopic (exact) mass is 553 g/mol. The summed E-state index contributed by atoms with van der Waals surface area (Å²) in [6.45, 7) is 3.72. The fraction of sp³-hybridized carbons (Fsp3) is 0.214. The number of halogens is 2. The topological polar surface area (TPSA) is 113 Å². The van der Waals surface area contributed by atoms with Crippen molar-refractivity contribution in [3.63, 3.8) is 0 Å². The van der Waals surface area contributed by atoms with Crippen LogP contribution in [0.1, 0.15) is 31.3 Å². The zero-order chi connectivity index (χ0) is 27.8. The van der Waals surface area contributed by atoms with Crippen molar-refractivity contribution in [2.24, 2.45) is 0 Å². The molecule has 0 aliphatic carbocycles. The third kappa shape index (κ3) is 5.57. The van der Waals surface area contributed by atoms with E-state index in [1.807, 2.05) is 24.3 Å². The van der Waals surface area contributed by atoms with E-state index in [-0.39, 0.29) is 29.6 Å². The molecular formula is C28H25Cl2N3O5. The number of nitrogens with one attached hydrogen (secondary N) is 1. The van der Waals surface area contributed by atoms with Gasteiger partial charge in [0.05, 0.1) is 17.6 Å². The number of hydrogen-bond acceptors (Lipinski definition) is 6. The number of carbonyl (C=O) groups is 3. The van der Waals surface area contributed by atoms with Gasteiger partial charge >= 0.3 is 0 Å². The van der Waals surface area contributed by atoms with Crippen LogP contribution in [-0.4, -0.2) is 51.8 Å². The standard InChI is InChI=1S/C28H25Cl2N3O5/c1-15(34)33(4)14-22(35)31-24-20-13-19(16-9-11-17(29)12-10-16)23(18-7-5-6-8-21(18)30)32-27(20)38-25(24)26(36)28(2,3)37/h5-13,37H,14H2,1-4H3,(H,31,35). The predicted octanol–water partition coefficient (Wildman–Crippen LogP) is 5.84. The number of likely N-dealkylation sites (N-methyl/N-ethyl adjacent to an activating group) is 1. The predicted molar refractivity (Wildman–Crippen MR) is 147 cm³/mol. The molecule has 0 saturated heterocycles. The fourth-order valence-corrected chi connectivity index (χ4v) is 4.15. The minimum Gasteiger partial charge on any atom is -0.432 e. The molecule has 0 atom stereocenters. The molecule has 38 heavy (non-hydrogen) atoms. The van der Waals surface area contributed by atoms with E-state index >= 15 is 0 Å². The highest BCUT2D eigenvalue weighted by molar-refractivity contribution is 6.33. The van der Waals surface area contributed by atoms with Gasteiger partial charge in [-0.3, -0.25) is 14.4 Å². The van der Waals surface area contributed by atoms with Gasteiger partial charge in [-0.15, -0.1) is 0 Å². The summed E-state index contributed by atoms with van der Waals surface area (Å²) in [5.74, 6) is -1.88. The zero-order valence-corrected chi connectivity index (χ0v) is 22.6. The zero-order valence-electron chi connectivity index (χ0n) is 21.1. The molecule has 0 bridgehead atoms. The van der Waals surface area contributed by atoms with Gasteiger partial charge in [0.2, 0.25) is 23.3 Å². The van der Waals surface area contributed by atoms with Gasteiger partial charge in [-0.25, -0.2) is 4.98 Å². The first kappa shape index (κ1) is 27.3. The SMILES string of the molecule is CC(=O)N(C)CC(=O)Nc1c(C(=O)C(C)(C)O)oc2nc(-c3ccccc3Cl)c(-c3ccc(Cl)cc3)cc12. The van der Waals surface area contributed by atoms with E-state index in [0.29, 0.717) is 32.3 Å². The molecule has 2 heterocycles. The first-order valence-corrected chi connectivity index (χ1v) is 12.4. The minimum atomic E-state index is -1.80. The average molecular weight is 554 g/mol. The number of anilines is 1. The number of aromatic nitrogens is 1. The highest BCUT2D eigenvalue weighted by Crippen LogP contribution is 2.41. The number of ketones is 1. The van der Waals surface area contributed by atoms with Gasteiger partial charge in [-0.2, -0.15) is 0 Å². The van der Waals surface area contributed by atoms with E-state index in [2.05, 4.69) is 5.32 Å². The van der Waals surface area contributed by atoms with Crippen LogP contribution in [0.4, 0.5) is 5.69 Å². The van der Waals surface area contributed by atoms with Crippen LogP contribution >= 0.6 is 23.2 Å². The Kier molecular flexibility index (Phi) is 7.60. The summed E-state index contributed by atoms with van der Waals surface area (Å²) in [7, 11) is 1.48. The maximum absolute atomic E-state index is 13.1. The van der Waals surface area contributed by atoms with Crippen molar-refractivity contribution in [2.75, 3.05) is 18.9 Å². The lowest BCUT2D eigenvalue weighted by atomic mass is 9.97. The molecule has 0 aliphatic rings. The van der Waals surface area contributed by atoms with Crippen molar-refractivity contribution < 1.29 is 23.9 Å². The molecule has 4 aromatic rings. The van der Waals surface area contributed by atoms with Gasteiger partial charge in [0.15, 0.2) is 5.76 Å². The number of pyridine rings is 1. The molecule has 0 saturated carbocycles. The lowest BCUT2D eigenvalue weighted by molar-refractivity contribution is -0.131. The second-order valence-corrected chi connectivity index (χ2v) is 10.2. The van der Waals surface area contributed by atoms with Gasteiger partial charge in [0.1, 0.15) is 11.3 Å². The Bertz CT molecular complexity index is 1560. The third-order valence-corrected chi connectivity index (χ3v) is 6.49. The van der Waals surface area contributed by atoms with Crippen molar-refractivity contribution in [1.29, 1.82) is 0 Å². The van der Waals surface area contributed by atoms with Crippen molar-refractivity contribution in [1.82, 2.24) is 9.88 Å². The lowest BCUT2D eigenvalue weighted by Crippen LogP contribution is -2.34. The second-order valence-electron chi connectivity index (χ2n) is 9.34. The molecule has 10 heteroatoms. The highest BCUT2D eigenvalue weighted by atomic mass is 35.5. The first-order chi connectivity index (χ1) is 17.9. The summed E-state index contributed by atoms with van der Waals surface area (Å²) < 4.78 is 5.87. The highest BCUT2D eigenvalue weighted by Gasteiger charge is 2.33. The molecule has 0 aliphatic heterocycles. The first-order valence-electron chi connectivity index (χ1n) is 11.6. The molecule has 2 aromatic carbocycles. The molecule has 0 radical (unpaired) electrons. The average Bonchev–Trinajstić information content (AvgIpc) is 3.19. The van der Waals surface area contributed by atoms with Gasteiger partial charge in [0, 0.05) is 35.1 Å². The van der Waals surface area contributed by atoms with Crippen LogP contribution in [0.15, 0.2) is 59.0 Å². The van der Waals surface area contributed by atoms with Crippen LogP contribution in [0.3, 0.4) is 0 Å². The van der Waals surface area contributed by atoms with E-state index in [0.717, 1.165) is 5.56 Å². The van der Waals surface area contributed by atoms with Crippen LogP contribution in [-0.2, 0) is 9.59 Å². The maximum atomic E-state index is 13.1. The van der Waals surface area contributed by atoms with Crippen LogP contribution in [0.2, 0.25) is 10.0 Å². The Hall–Kier alpha value is -3.72. The third-order valence-electron chi connectivity index (χ3n) is 5.91. The van der Waals surface area contributed by atoms with E-state index in [4.69, 9.17) is 32.6 Å². The molecule has 0 fully saturated rings. The number of hydrogen-bond donors (Lipinski definition) is 2. The normalized spacial score (nSPS) is 11.4. The molecule has 8 nitrogen and oxygen atoms in total. The number of furan rings is 1. The van der Waals surface area contributed by atoms with Crippen LogP contribution in [0, 0.1) is 0 Å². The minimum absolute atomic E-state index is 0.0440. The molecule has 2 amide bonds. The molecular weight excluding hydrogens is 529 g/mol. The Balaban J connectivity index is 1.99. The number of Topliss-reactive ketones (excluding diaryl/α,β-unsaturated/α-hetero) is 1. The molecule has 4 rings (SSSR count). The van der Waals surface area contributed by atoms with Gasteiger partial charge in [-0.1, -0.05) is 53.5 Å². The number of nitrogens with zero attached hydrogens (tertiary/aromatic N) is 2. The lowest BCUT2D eigenvalue weighted by Gasteiger charge is -2.16. The Labute approximate surface area is 229 Å². The van der Waals surface area contributed by atoms with Crippen LogP contribution in [0.25, 0.3) is 33.5 Å². The van der Waals surface area contributed by atoms with Crippen molar-refractivity contribution in [2.45, 2.75) is 26.4 Å². The smallest absolute Gasteiger partial charge is 0.244 e. The van der Waals surface area contributed by atoms with Crippen molar-refractivity contribution in [3.05, 3.63) is 70.4 Å². The molecule has 2 N–H and O–H groups in total. The number of fused-ring (bicyclic) bond motifs is 1. The molecule has 0 spiro atoms. The second kappa shape index (κ2) is 10.6. The summed E-state index contributed by atoms with van der Waals surface area (Å²) in [6.07, 6.45) is 0. The Morgan fingerprint density at radius 3 is 2.32 bits per heavy atom. The summed E-state index contributed by atoms with van der Waals surface area (Å²) in [5.41, 5.74) is 0.805. The van der Waals surface area contributed by atoms with Crippen molar-refractivity contribution >= 4 is 57.6 Å². The van der Waals surface area contributed by atoms with E-state index in [9.17, 15) is 19.5 Å². The van der Waals surface area contributed by atoms with Gasteiger partial charge in [0.25, 0.3) is 0 Å². The summed E-state index contributed by atoms with van der Waals surface area (Å²) in [6, 6.07) is 16.0. The maximum Gasteiger partial charge on any atom is 0.244 e. The van der Waals surface area contributed by atoms with Gasteiger partial charge in [-0.05, 0) is 43.7 Å². The van der Waals surface area contributed by atoms with Gasteiger partial charge < -0.3 is 19.7 Å². The number of benzene rings is 2. The van der Waals surface area contributed by atoms with Crippen LogP contribution in [0.5, 0.6) is 0 Å². The number of carbonyl (C=O) groups excluding carboxylic acids is 3. The fourth-order valence-electron chi connectivity index (χ4n) is 3.80. The molecule has 0 unspecified atom stereocenters. The summed E-state index contributed by atoms with van der Waals surface area (Å²) in [4.78, 5) is 43.6. The van der Waals surface area contributed by atoms with Crippen molar-refractivity contribution in [3.8, 4) is 22.4 Å². The number of aliphatic hydroxyl groups is 1. The van der Waals surface area contributed by atoms with E-state index < -0.39 is 17.3 Å². The van der Waals surface area contributed by atoms with Crippen LogP contribution < -0.4 is 5.32 Å².